The van der Waals surface area contributed by atoms with Gasteiger partial charge in [-0.1, -0.05) is 6.92 Å². The molecule has 1 saturated heterocycles. The second kappa shape index (κ2) is 7.94. The smallest absolute Gasteiger partial charge is 0.0946 e. The lowest BCUT2D eigenvalue weighted by Crippen LogP contribution is -2.43. The number of imidazole rings is 1. The molecule has 0 spiro atoms. The van der Waals surface area contributed by atoms with Crippen LogP contribution in [0.2, 0.25) is 0 Å². The summed E-state index contributed by atoms with van der Waals surface area (Å²) in [5.74, 6) is 0.663. The molecule has 0 bridgehead atoms. The number of aryl methyl sites for hydroxylation is 1. The number of hydrogen-bond acceptors (Lipinski definition) is 4. The van der Waals surface area contributed by atoms with Gasteiger partial charge in [0.05, 0.1) is 12.5 Å². The van der Waals surface area contributed by atoms with E-state index < -0.39 is 0 Å². The van der Waals surface area contributed by atoms with Gasteiger partial charge in [-0.3, -0.25) is 9.58 Å². The lowest BCUT2D eigenvalue weighted by atomic mass is 9.85. The summed E-state index contributed by atoms with van der Waals surface area (Å²) in [5.41, 5.74) is 1.37. The first-order valence-corrected chi connectivity index (χ1v) is 9.04. The first kappa shape index (κ1) is 17.2. The molecule has 0 aromatic carbocycles. The molecule has 6 heteroatoms. The average molecular weight is 330 g/mol. The minimum Gasteiger partial charge on any atom is -0.336 e. The summed E-state index contributed by atoms with van der Waals surface area (Å²) in [6, 6.07) is 0.494. The molecule has 1 aliphatic rings. The van der Waals surface area contributed by atoms with E-state index in [1.165, 1.54) is 24.9 Å². The highest BCUT2D eigenvalue weighted by Crippen LogP contribution is 2.36. The highest BCUT2D eigenvalue weighted by atomic mass is 15.3. The fourth-order valence-corrected chi connectivity index (χ4v) is 3.97. The second-order valence-corrected chi connectivity index (χ2v) is 6.99. The van der Waals surface area contributed by atoms with E-state index in [0.29, 0.717) is 12.0 Å². The van der Waals surface area contributed by atoms with Crippen molar-refractivity contribution in [2.75, 3.05) is 33.2 Å². The minimum absolute atomic E-state index is 0.494. The van der Waals surface area contributed by atoms with Gasteiger partial charge in [0.25, 0.3) is 0 Å². The fourth-order valence-electron chi connectivity index (χ4n) is 3.97. The van der Waals surface area contributed by atoms with E-state index in [0.717, 1.165) is 26.2 Å². The summed E-state index contributed by atoms with van der Waals surface area (Å²) in [7, 11) is 4.25. The normalized spacial score (nSPS) is 22.3. The van der Waals surface area contributed by atoms with Crippen molar-refractivity contribution < 1.29 is 0 Å². The zero-order valence-electron chi connectivity index (χ0n) is 15.2. The average Bonchev–Trinajstić information content (AvgIpc) is 3.24. The Kier molecular flexibility index (Phi) is 5.68. The molecule has 0 N–H and O–H groups in total. The monoisotopic (exact) mass is 330 g/mol. The van der Waals surface area contributed by atoms with Crippen LogP contribution in [0.1, 0.15) is 31.4 Å². The van der Waals surface area contributed by atoms with Gasteiger partial charge in [0.15, 0.2) is 0 Å². The summed E-state index contributed by atoms with van der Waals surface area (Å²) in [4.78, 5) is 9.20. The predicted molar refractivity (Wildman–Crippen MR) is 95.6 cm³/mol. The van der Waals surface area contributed by atoms with Crippen molar-refractivity contribution in [2.24, 2.45) is 13.0 Å². The largest absolute Gasteiger partial charge is 0.336 e. The van der Waals surface area contributed by atoms with Gasteiger partial charge < -0.3 is 9.47 Å². The summed E-state index contributed by atoms with van der Waals surface area (Å²) in [6.45, 7) is 7.76. The molecular formula is C18H30N6. The Balaban J connectivity index is 1.64. The lowest BCUT2D eigenvalue weighted by molar-refractivity contribution is 0.0757. The Hall–Kier alpha value is -1.66. The van der Waals surface area contributed by atoms with Crippen LogP contribution in [0.4, 0.5) is 0 Å². The highest BCUT2D eigenvalue weighted by Gasteiger charge is 2.33. The Bertz CT molecular complexity index is 605. The first-order chi connectivity index (χ1) is 11.7. The summed E-state index contributed by atoms with van der Waals surface area (Å²) >= 11 is 0. The number of likely N-dealkylation sites (N-methyl/N-ethyl adjacent to an activating group) is 1. The molecule has 1 aliphatic heterocycles. The van der Waals surface area contributed by atoms with E-state index in [9.17, 15) is 0 Å². The maximum absolute atomic E-state index is 4.41. The SMILES string of the molecule is CCN1CCC[C@@H](CN(C)CCn2ccnc2)[C@@H]1c1cnn(C)c1. The third kappa shape index (κ3) is 4.05. The molecule has 3 rings (SSSR count). The fraction of sp³-hybridized carbons (Fsp3) is 0.667. The number of hydrogen-bond donors (Lipinski definition) is 0. The van der Waals surface area contributed by atoms with E-state index >= 15 is 0 Å². The van der Waals surface area contributed by atoms with Crippen molar-refractivity contribution in [2.45, 2.75) is 32.4 Å². The van der Waals surface area contributed by atoms with Gasteiger partial charge in [0.1, 0.15) is 0 Å². The standard InChI is InChI=1S/C18H30N6/c1-4-24-8-5-6-16(18(24)17-12-20-22(3)14-17)13-21(2)10-11-23-9-7-19-15-23/h7,9,12,14-16,18H,4-6,8,10-11,13H2,1-3H3/t16-,18+/m0/s1. The van der Waals surface area contributed by atoms with E-state index in [1.807, 2.05) is 30.5 Å². The number of aromatic nitrogens is 4. The molecule has 24 heavy (non-hydrogen) atoms. The van der Waals surface area contributed by atoms with Crippen molar-refractivity contribution in [3.05, 3.63) is 36.7 Å². The van der Waals surface area contributed by atoms with Crippen LogP contribution in [0, 0.1) is 5.92 Å². The zero-order valence-corrected chi connectivity index (χ0v) is 15.2. The van der Waals surface area contributed by atoms with Crippen LogP contribution in [0.15, 0.2) is 31.1 Å². The van der Waals surface area contributed by atoms with Crippen LogP contribution in [0.25, 0.3) is 0 Å². The third-order valence-corrected chi connectivity index (χ3v) is 5.18. The van der Waals surface area contributed by atoms with Crippen molar-refractivity contribution in [1.29, 1.82) is 0 Å². The van der Waals surface area contributed by atoms with Gasteiger partial charge in [-0.25, -0.2) is 4.98 Å². The quantitative estimate of drug-likeness (QED) is 0.779. The van der Waals surface area contributed by atoms with Crippen LogP contribution in [0.5, 0.6) is 0 Å². The highest BCUT2D eigenvalue weighted by molar-refractivity contribution is 5.13. The van der Waals surface area contributed by atoms with Crippen molar-refractivity contribution in [1.82, 2.24) is 29.1 Å². The van der Waals surface area contributed by atoms with Crippen LogP contribution >= 0.6 is 0 Å². The van der Waals surface area contributed by atoms with Gasteiger partial charge in [0, 0.05) is 56.9 Å². The molecule has 0 radical (unpaired) electrons. The van der Waals surface area contributed by atoms with Gasteiger partial charge in [-0.2, -0.15) is 5.10 Å². The van der Waals surface area contributed by atoms with Crippen LogP contribution in [-0.2, 0) is 13.6 Å². The molecule has 3 heterocycles. The Morgan fingerprint density at radius 1 is 1.38 bits per heavy atom. The molecule has 0 amide bonds. The van der Waals surface area contributed by atoms with Gasteiger partial charge in [-0.05, 0) is 38.9 Å². The Morgan fingerprint density at radius 2 is 2.25 bits per heavy atom. The molecule has 6 nitrogen and oxygen atoms in total. The molecule has 0 saturated carbocycles. The Labute approximate surface area is 145 Å². The number of piperidine rings is 1. The van der Waals surface area contributed by atoms with E-state index in [1.54, 1.807) is 0 Å². The van der Waals surface area contributed by atoms with Gasteiger partial charge in [-0.15, -0.1) is 0 Å². The molecule has 2 atom stereocenters. The number of rotatable bonds is 7. The zero-order chi connectivity index (χ0) is 16.9. The molecule has 132 valence electrons. The van der Waals surface area contributed by atoms with Crippen LogP contribution in [-0.4, -0.2) is 62.4 Å². The maximum atomic E-state index is 4.41. The maximum Gasteiger partial charge on any atom is 0.0946 e. The predicted octanol–water partition coefficient (Wildman–Crippen LogP) is 2.02. The summed E-state index contributed by atoms with van der Waals surface area (Å²) in [6.07, 6.45) is 12.6. The van der Waals surface area contributed by atoms with Crippen LogP contribution in [0.3, 0.4) is 0 Å². The molecule has 1 fully saturated rings. The molecule has 0 unspecified atom stereocenters. The second-order valence-electron chi connectivity index (χ2n) is 6.99. The van der Waals surface area contributed by atoms with E-state index in [-0.39, 0.29) is 0 Å². The molecule has 2 aromatic rings. The molecular weight excluding hydrogens is 300 g/mol. The number of likely N-dealkylation sites (tertiary alicyclic amines) is 1. The van der Waals surface area contributed by atoms with Crippen molar-refractivity contribution >= 4 is 0 Å². The molecule has 2 aromatic heterocycles. The number of nitrogens with zero attached hydrogens (tertiary/aromatic N) is 6. The van der Waals surface area contributed by atoms with Crippen molar-refractivity contribution in [3.8, 4) is 0 Å². The van der Waals surface area contributed by atoms with E-state index in [4.69, 9.17) is 0 Å². The van der Waals surface area contributed by atoms with E-state index in [2.05, 4.69) is 50.8 Å². The van der Waals surface area contributed by atoms with Gasteiger partial charge >= 0.3 is 0 Å². The molecule has 0 aliphatic carbocycles. The third-order valence-electron chi connectivity index (χ3n) is 5.18. The summed E-state index contributed by atoms with van der Waals surface area (Å²) in [5, 5.41) is 4.41. The topological polar surface area (TPSA) is 42.1 Å². The van der Waals surface area contributed by atoms with Gasteiger partial charge in [0.2, 0.25) is 0 Å². The summed E-state index contributed by atoms with van der Waals surface area (Å²) < 4.78 is 4.08. The Morgan fingerprint density at radius 3 is 2.92 bits per heavy atom. The van der Waals surface area contributed by atoms with Crippen LogP contribution < -0.4 is 0 Å². The minimum atomic E-state index is 0.494. The lowest BCUT2D eigenvalue weighted by Gasteiger charge is -2.42. The first-order valence-electron chi connectivity index (χ1n) is 9.04. The van der Waals surface area contributed by atoms with Crippen molar-refractivity contribution in [3.63, 3.8) is 0 Å².